The largest absolute Gasteiger partial charge is 0.393 e. The molecule has 3 fully saturated rings. The fraction of sp³-hybridized carbons (Fsp3) is 1.00. The van der Waals surface area contributed by atoms with Gasteiger partial charge in [0.2, 0.25) is 0 Å². The number of aliphatic hydroxyl groups excluding tert-OH is 1. The molecule has 2 heteroatoms. The van der Waals surface area contributed by atoms with Crippen LogP contribution < -0.4 is 0 Å². The molecule has 3 saturated carbocycles. The Morgan fingerprint density at radius 1 is 0.727 bits per heavy atom. The summed E-state index contributed by atoms with van der Waals surface area (Å²) in [4.78, 5) is 0. The summed E-state index contributed by atoms with van der Waals surface area (Å²) in [5, 5.41) is 11.0. The van der Waals surface area contributed by atoms with Gasteiger partial charge in [0.15, 0.2) is 0 Å². The third-order valence-corrected chi connectivity index (χ3v) is 13.9. The van der Waals surface area contributed by atoms with E-state index in [0.717, 1.165) is 11.1 Å². The van der Waals surface area contributed by atoms with E-state index in [4.69, 9.17) is 0 Å². The van der Waals surface area contributed by atoms with E-state index < -0.39 is 8.07 Å². The van der Waals surface area contributed by atoms with E-state index in [2.05, 4.69) is 6.55 Å². The summed E-state index contributed by atoms with van der Waals surface area (Å²) < 4.78 is 0. The lowest BCUT2D eigenvalue weighted by molar-refractivity contribution is 0.126. The summed E-state index contributed by atoms with van der Waals surface area (Å²) in [6.07, 6.45) is 20.2. The van der Waals surface area contributed by atoms with E-state index in [9.17, 15) is 5.11 Å². The van der Waals surface area contributed by atoms with Gasteiger partial charge in [-0.25, -0.2) is 0 Å². The SMILES string of the molecule is C[Si](C[C@H](O)C1CCCC1)(C1CCCCC1)C1CCCCC1. The highest BCUT2D eigenvalue weighted by atomic mass is 28.3. The molecule has 3 aliphatic rings. The van der Waals surface area contributed by atoms with Crippen molar-refractivity contribution in [1.82, 2.24) is 0 Å². The molecule has 0 aromatic carbocycles. The molecular formula is C20H38OSi. The fourth-order valence-corrected chi connectivity index (χ4v) is 12.2. The van der Waals surface area contributed by atoms with Crippen molar-refractivity contribution in [3.8, 4) is 0 Å². The molecule has 0 bridgehead atoms. The monoisotopic (exact) mass is 322 g/mol. The van der Waals surface area contributed by atoms with Crippen molar-refractivity contribution in [3.63, 3.8) is 0 Å². The first-order valence-corrected chi connectivity index (χ1v) is 13.2. The maximum atomic E-state index is 11.0. The molecule has 22 heavy (non-hydrogen) atoms. The Morgan fingerprint density at radius 3 is 1.59 bits per heavy atom. The van der Waals surface area contributed by atoms with E-state index in [1.54, 1.807) is 0 Å². The zero-order valence-electron chi connectivity index (χ0n) is 14.9. The highest BCUT2D eigenvalue weighted by molar-refractivity contribution is 6.81. The van der Waals surface area contributed by atoms with Crippen molar-refractivity contribution in [3.05, 3.63) is 0 Å². The van der Waals surface area contributed by atoms with Crippen LogP contribution in [0.2, 0.25) is 23.7 Å². The Kier molecular flexibility index (Phi) is 6.06. The van der Waals surface area contributed by atoms with Gasteiger partial charge in [-0.15, -0.1) is 0 Å². The van der Waals surface area contributed by atoms with Crippen LogP contribution in [0.25, 0.3) is 0 Å². The maximum absolute atomic E-state index is 11.0. The summed E-state index contributed by atoms with van der Waals surface area (Å²) in [6, 6.07) is 1.24. The quantitative estimate of drug-likeness (QED) is 0.590. The van der Waals surface area contributed by atoms with Gasteiger partial charge in [0.05, 0.1) is 14.2 Å². The lowest BCUT2D eigenvalue weighted by atomic mass is 9.99. The molecule has 1 atom stereocenters. The smallest absolute Gasteiger partial charge is 0.0592 e. The minimum atomic E-state index is -1.33. The van der Waals surface area contributed by atoms with Crippen LogP contribution in [0.4, 0.5) is 0 Å². The van der Waals surface area contributed by atoms with Gasteiger partial charge in [-0.3, -0.25) is 0 Å². The molecule has 0 amide bonds. The molecule has 3 aliphatic carbocycles. The van der Waals surface area contributed by atoms with Crippen LogP contribution in [-0.2, 0) is 0 Å². The molecule has 0 aromatic rings. The van der Waals surface area contributed by atoms with Crippen LogP contribution in [0.5, 0.6) is 0 Å². The lowest BCUT2D eigenvalue weighted by Crippen LogP contribution is -2.46. The molecule has 128 valence electrons. The highest BCUT2D eigenvalue weighted by Crippen LogP contribution is 2.51. The van der Waals surface area contributed by atoms with E-state index in [-0.39, 0.29) is 6.10 Å². The van der Waals surface area contributed by atoms with Crippen molar-refractivity contribution in [1.29, 1.82) is 0 Å². The van der Waals surface area contributed by atoms with Crippen LogP contribution in [0.15, 0.2) is 0 Å². The first-order chi connectivity index (χ1) is 10.7. The molecule has 1 nitrogen and oxygen atoms in total. The van der Waals surface area contributed by atoms with Gasteiger partial charge in [0, 0.05) is 0 Å². The first kappa shape index (κ1) is 17.0. The normalized spacial score (nSPS) is 28.1. The second-order valence-electron chi connectivity index (χ2n) is 8.99. The summed E-state index contributed by atoms with van der Waals surface area (Å²) >= 11 is 0. The fourth-order valence-electron chi connectivity index (χ4n) is 6.15. The molecule has 0 spiro atoms. The summed E-state index contributed by atoms with van der Waals surface area (Å²) in [7, 11) is -1.33. The zero-order chi connectivity index (χ0) is 15.4. The third-order valence-electron chi connectivity index (χ3n) is 7.67. The summed E-state index contributed by atoms with van der Waals surface area (Å²) in [6.45, 7) is 2.72. The second-order valence-corrected chi connectivity index (χ2v) is 14.0. The summed E-state index contributed by atoms with van der Waals surface area (Å²) in [5.41, 5.74) is 2.06. The van der Waals surface area contributed by atoms with E-state index >= 15 is 0 Å². The molecule has 0 saturated heterocycles. The molecule has 0 aromatic heterocycles. The molecular weight excluding hydrogens is 284 g/mol. The Labute approximate surface area is 139 Å². The van der Waals surface area contributed by atoms with Crippen molar-refractivity contribution in [2.75, 3.05) is 0 Å². The molecule has 0 aliphatic heterocycles. The van der Waals surface area contributed by atoms with Crippen LogP contribution in [-0.4, -0.2) is 19.3 Å². The van der Waals surface area contributed by atoms with Crippen LogP contribution in [0.3, 0.4) is 0 Å². The molecule has 0 heterocycles. The number of hydrogen-bond donors (Lipinski definition) is 1. The highest BCUT2D eigenvalue weighted by Gasteiger charge is 2.45. The van der Waals surface area contributed by atoms with Crippen LogP contribution in [0, 0.1) is 5.92 Å². The minimum Gasteiger partial charge on any atom is -0.393 e. The van der Waals surface area contributed by atoms with E-state index in [0.29, 0.717) is 5.92 Å². The Bertz CT molecular complexity index is 307. The second kappa shape index (κ2) is 7.83. The van der Waals surface area contributed by atoms with Gasteiger partial charge in [-0.1, -0.05) is 83.6 Å². The van der Waals surface area contributed by atoms with Crippen LogP contribution in [0.1, 0.15) is 89.9 Å². The maximum Gasteiger partial charge on any atom is 0.0592 e. The van der Waals surface area contributed by atoms with Gasteiger partial charge in [0.1, 0.15) is 0 Å². The molecule has 0 unspecified atom stereocenters. The van der Waals surface area contributed by atoms with Gasteiger partial charge >= 0.3 is 0 Å². The van der Waals surface area contributed by atoms with Crippen molar-refractivity contribution < 1.29 is 5.11 Å². The average molecular weight is 323 g/mol. The van der Waals surface area contributed by atoms with Gasteiger partial charge < -0.3 is 5.11 Å². The average Bonchev–Trinajstić information content (AvgIpc) is 3.11. The minimum absolute atomic E-state index is 0.0445. The number of aliphatic hydroxyl groups is 1. The molecule has 3 rings (SSSR count). The molecule has 1 N–H and O–H groups in total. The number of rotatable bonds is 5. The van der Waals surface area contributed by atoms with Crippen molar-refractivity contribution in [2.24, 2.45) is 5.92 Å². The lowest BCUT2D eigenvalue weighted by Gasteiger charge is -2.47. The summed E-state index contributed by atoms with van der Waals surface area (Å²) in [5.74, 6) is 0.652. The van der Waals surface area contributed by atoms with Gasteiger partial charge in [-0.05, 0) is 35.9 Å². The standard InChI is InChI=1S/C20H38OSi/c1-22(18-12-4-2-5-13-18,19-14-6-3-7-15-19)16-20(21)17-10-8-9-11-17/h17-21H,2-16H2,1H3/t20-/m0/s1. The topological polar surface area (TPSA) is 20.2 Å². The van der Waals surface area contributed by atoms with Crippen LogP contribution >= 0.6 is 0 Å². The number of hydrogen-bond acceptors (Lipinski definition) is 1. The predicted octanol–water partition coefficient (Wildman–Crippen LogP) is 6.28. The zero-order valence-corrected chi connectivity index (χ0v) is 15.9. The first-order valence-electron chi connectivity index (χ1n) is 10.4. The van der Waals surface area contributed by atoms with Crippen molar-refractivity contribution in [2.45, 2.75) is 120 Å². The molecule has 0 radical (unpaired) electrons. The Morgan fingerprint density at radius 2 is 1.14 bits per heavy atom. The Balaban J connectivity index is 1.71. The van der Waals surface area contributed by atoms with Gasteiger partial charge in [0.25, 0.3) is 0 Å². The van der Waals surface area contributed by atoms with E-state index in [1.165, 1.54) is 95.9 Å². The van der Waals surface area contributed by atoms with Crippen molar-refractivity contribution >= 4 is 8.07 Å². The van der Waals surface area contributed by atoms with Gasteiger partial charge in [-0.2, -0.15) is 0 Å². The predicted molar refractivity (Wildman–Crippen MR) is 98.1 cm³/mol. The van der Waals surface area contributed by atoms with E-state index in [1.807, 2.05) is 0 Å². The third kappa shape index (κ3) is 3.80. The Hall–Kier alpha value is 0.177.